The molecule has 1 heterocycles. The first kappa shape index (κ1) is 9.13. The molecule has 0 atom stereocenters. The number of nitrogens with one attached hydrogen (secondary N) is 1. The molecule has 0 spiro atoms. The standard InChI is InChI=1S/C8H12ClN3/c1-5(2)12-7-4-11-8(9)3-6(7)10/h3-5,12H,1-2H3,(H2,10,11). The lowest BCUT2D eigenvalue weighted by Crippen LogP contribution is -2.11. The lowest BCUT2D eigenvalue weighted by molar-refractivity contribution is 0.898. The molecular weight excluding hydrogens is 174 g/mol. The van der Waals surface area contributed by atoms with Crippen molar-refractivity contribution in [2.24, 2.45) is 0 Å². The fourth-order valence-corrected chi connectivity index (χ4v) is 1.04. The highest BCUT2D eigenvalue weighted by atomic mass is 35.5. The van der Waals surface area contributed by atoms with Crippen molar-refractivity contribution in [3.8, 4) is 0 Å². The van der Waals surface area contributed by atoms with E-state index in [-0.39, 0.29) is 0 Å². The molecule has 0 unspecified atom stereocenters. The maximum atomic E-state index is 5.68. The number of nitrogens with zero attached hydrogens (tertiary/aromatic N) is 1. The molecule has 0 fully saturated rings. The molecule has 0 bridgehead atoms. The summed E-state index contributed by atoms with van der Waals surface area (Å²) in [6.45, 7) is 4.07. The molecule has 3 N–H and O–H groups in total. The monoisotopic (exact) mass is 185 g/mol. The molecule has 0 saturated carbocycles. The summed E-state index contributed by atoms with van der Waals surface area (Å²) in [5.41, 5.74) is 7.14. The van der Waals surface area contributed by atoms with Gasteiger partial charge < -0.3 is 11.1 Å². The van der Waals surface area contributed by atoms with Crippen LogP contribution in [-0.2, 0) is 0 Å². The largest absolute Gasteiger partial charge is 0.397 e. The molecule has 1 aromatic rings. The van der Waals surface area contributed by atoms with Crippen LogP contribution >= 0.6 is 11.6 Å². The van der Waals surface area contributed by atoms with E-state index in [1.54, 1.807) is 12.3 Å². The fraction of sp³-hybridized carbons (Fsp3) is 0.375. The quantitative estimate of drug-likeness (QED) is 0.695. The Morgan fingerprint density at radius 3 is 2.75 bits per heavy atom. The molecule has 0 aliphatic heterocycles. The Kier molecular flexibility index (Phi) is 2.76. The number of rotatable bonds is 2. The van der Waals surface area contributed by atoms with E-state index in [0.29, 0.717) is 16.9 Å². The van der Waals surface area contributed by atoms with Gasteiger partial charge in [0.1, 0.15) is 5.15 Å². The van der Waals surface area contributed by atoms with Gasteiger partial charge in [-0.2, -0.15) is 0 Å². The first-order valence-electron chi connectivity index (χ1n) is 3.77. The van der Waals surface area contributed by atoms with Gasteiger partial charge in [0.2, 0.25) is 0 Å². The van der Waals surface area contributed by atoms with Gasteiger partial charge in [0.15, 0.2) is 0 Å². The second-order valence-corrected chi connectivity index (χ2v) is 3.28. The zero-order valence-corrected chi connectivity index (χ0v) is 7.89. The van der Waals surface area contributed by atoms with Crippen LogP contribution in [0.2, 0.25) is 5.15 Å². The molecule has 0 aromatic carbocycles. The predicted molar refractivity (Wildman–Crippen MR) is 52.4 cm³/mol. The van der Waals surface area contributed by atoms with E-state index in [9.17, 15) is 0 Å². The second-order valence-electron chi connectivity index (χ2n) is 2.89. The smallest absolute Gasteiger partial charge is 0.131 e. The highest BCUT2D eigenvalue weighted by Gasteiger charge is 2.01. The van der Waals surface area contributed by atoms with Crippen LogP contribution in [0.4, 0.5) is 11.4 Å². The van der Waals surface area contributed by atoms with Gasteiger partial charge in [-0.25, -0.2) is 4.98 Å². The van der Waals surface area contributed by atoms with Crippen LogP contribution in [0, 0.1) is 0 Å². The highest BCUT2D eigenvalue weighted by molar-refractivity contribution is 6.29. The van der Waals surface area contributed by atoms with E-state index in [2.05, 4.69) is 10.3 Å². The first-order valence-corrected chi connectivity index (χ1v) is 4.15. The number of nitrogen functional groups attached to an aromatic ring is 1. The first-order chi connectivity index (χ1) is 5.59. The van der Waals surface area contributed by atoms with Crippen molar-refractivity contribution in [3.63, 3.8) is 0 Å². The molecule has 3 nitrogen and oxygen atoms in total. The lowest BCUT2D eigenvalue weighted by atomic mass is 10.3. The molecule has 1 aromatic heterocycles. The van der Waals surface area contributed by atoms with Crippen molar-refractivity contribution in [1.82, 2.24) is 4.98 Å². The fourth-order valence-electron chi connectivity index (χ4n) is 0.876. The summed E-state index contributed by atoms with van der Waals surface area (Å²) in [5.74, 6) is 0. The number of aromatic nitrogens is 1. The molecule has 0 aliphatic carbocycles. The Labute approximate surface area is 76.9 Å². The van der Waals surface area contributed by atoms with Gasteiger partial charge in [0.25, 0.3) is 0 Å². The highest BCUT2D eigenvalue weighted by Crippen LogP contribution is 2.20. The third-order valence-electron chi connectivity index (χ3n) is 1.35. The number of nitrogens with two attached hydrogens (primary N) is 1. The van der Waals surface area contributed by atoms with Gasteiger partial charge in [0.05, 0.1) is 17.6 Å². The average Bonchev–Trinajstić information content (AvgIpc) is 1.94. The van der Waals surface area contributed by atoms with Gasteiger partial charge in [0, 0.05) is 12.1 Å². The minimum Gasteiger partial charge on any atom is -0.397 e. The van der Waals surface area contributed by atoms with Crippen molar-refractivity contribution in [2.75, 3.05) is 11.1 Å². The second kappa shape index (κ2) is 3.63. The van der Waals surface area contributed by atoms with E-state index in [1.165, 1.54) is 0 Å². The van der Waals surface area contributed by atoms with Crippen molar-refractivity contribution in [3.05, 3.63) is 17.4 Å². The van der Waals surface area contributed by atoms with Crippen LogP contribution < -0.4 is 11.1 Å². The zero-order chi connectivity index (χ0) is 9.14. The summed E-state index contributed by atoms with van der Waals surface area (Å²) in [4.78, 5) is 3.92. The number of hydrogen-bond donors (Lipinski definition) is 2. The lowest BCUT2D eigenvalue weighted by Gasteiger charge is -2.11. The SMILES string of the molecule is CC(C)Nc1cnc(Cl)cc1N. The number of anilines is 2. The normalized spacial score (nSPS) is 10.3. The van der Waals surface area contributed by atoms with Crippen LogP contribution in [0.3, 0.4) is 0 Å². The van der Waals surface area contributed by atoms with Gasteiger partial charge in [-0.05, 0) is 13.8 Å². The number of halogens is 1. The van der Waals surface area contributed by atoms with E-state index in [0.717, 1.165) is 5.69 Å². The van der Waals surface area contributed by atoms with Crippen LogP contribution in [0.15, 0.2) is 12.3 Å². The molecule has 0 radical (unpaired) electrons. The number of pyridine rings is 1. The minimum absolute atomic E-state index is 0.343. The summed E-state index contributed by atoms with van der Waals surface area (Å²) in [5, 5.41) is 3.57. The van der Waals surface area contributed by atoms with Crippen molar-refractivity contribution in [1.29, 1.82) is 0 Å². The summed E-state index contributed by atoms with van der Waals surface area (Å²) >= 11 is 5.63. The van der Waals surface area contributed by atoms with Gasteiger partial charge in [-0.1, -0.05) is 11.6 Å². The third-order valence-corrected chi connectivity index (χ3v) is 1.55. The van der Waals surface area contributed by atoms with Crippen LogP contribution in [0.1, 0.15) is 13.8 Å². The molecule has 0 amide bonds. The molecular formula is C8H12ClN3. The summed E-state index contributed by atoms with van der Waals surface area (Å²) in [7, 11) is 0. The number of hydrogen-bond acceptors (Lipinski definition) is 3. The van der Waals surface area contributed by atoms with E-state index < -0.39 is 0 Å². The van der Waals surface area contributed by atoms with Crippen molar-refractivity contribution < 1.29 is 0 Å². The van der Waals surface area contributed by atoms with Crippen LogP contribution in [-0.4, -0.2) is 11.0 Å². The zero-order valence-electron chi connectivity index (χ0n) is 7.13. The Hall–Kier alpha value is -0.960. The molecule has 12 heavy (non-hydrogen) atoms. The Bertz CT molecular complexity index is 273. The van der Waals surface area contributed by atoms with Crippen LogP contribution in [0.25, 0.3) is 0 Å². The molecule has 0 aliphatic rings. The molecule has 66 valence electrons. The molecule has 4 heteroatoms. The maximum Gasteiger partial charge on any atom is 0.131 e. The van der Waals surface area contributed by atoms with E-state index in [4.69, 9.17) is 17.3 Å². The summed E-state index contributed by atoms with van der Waals surface area (Å²) in [6, 6.07) is 1.97. The summed E-state index contributed by atoms with van der Waals surface area (Å²) < 4.78 is 0. The maximum absolute atomic E-state index is 5.68. The molecule has 0 saturated heterocycles. The van der Waals surface area contributed by atoms with Crippen molar-refractivity contribution in [2.45, 2.75) is 19.9 Å². The topological polar surface area (TPSA) is 50.9 Å². The van der Waals surface area contributed by atoms with Crippen molar-refractivity contribution >= 4 is 23.0 Å². The van der Waals surface area contributed by atoms with Gasteiger partial charge in [-0.15, -0.1) is 0 Å². The Morgan fingerprint density at radius 2 is 2.25 bits per heavy atom. The van der Waals surface area contributed by atoms with Crippen LogP contribution in [0.5, 0.6) is 0 Å². The average molecular weight is 186 g/mol. The van der Waals surface area contributed by atoms with E-state index >= 15 is 0 Å². The summed E-state index contributed by atoms with van der Waals surface area (Å²) in [6.07, 6.45) is 1.64. The molecule has 1 rings (SSSR count). The van der Waals surface area contributed by atoms with E-state index in [1.807, 2.05) is 13.8 Å². The third kappa shape index (κ3) is 2.27. The van der Waals surface area contributed by atoms with Gasteiger partial charge >= 0.3 is 0 Å². The predicted octanol–water partition coefficient (Wildman–Crippen LogP) is 2.14. The minimum atomic E-state index is 0.343. The Morgan fingerprint density at radius 1 is 1.58 bits per heavy atom. The van der Waals surface area contributed by atoms with Gasteiger partial charge in [-0.3, -0.25) is 0 Å². The Balaban J connectivity index is 2.86.